The molecule has 2 amide bonds. The van der Waals surface area contributed by atoms with Crippen LogP contribution in [0.4, 0.5) is 18.9 Å². The van der Waals surface area contributed by atoms with E-state index in [1.165, 1.54) is 12.1 Å². The van der Waals surface area contributed by atoms with Crippen molar-refractivity contribution >= 4 is 17.5 Å². The highest BCUT2D eigenvalue weighted by Crippen LogP contribution is 2.34. The minimum Gasteiger partial charge on any atom is -0.490 e. The fourth-order valence-electron chi connectivity index (χ4n) is 5.15. The second kappa shape index (κ2) is 13.2. The number of anilines is 1. The minimum absolute atomic E-state index is 0.0581. The number of benzene rings is 2. The molecule has 2 aliphatic heterocycles. The molecule has 224 valence electrons. The Labute approximate surface area is 240 Å². The van der Waals surface area contributed by atoms with E-state index in [1.807, 2.05) is 42.8 Å². The number of likely N-dealkylation sites (N-methyl/N-ethyl adjacent to an activating group) is 2. The number of nitrogens with one attached hydrogen (secondary N) is 1. The molecule has 1 N–H and O–H groups in total. The highest BCUT2D eigenvalue weighted by Gasteiger charge is 2.35. The van der Waals surface area contributed by atoms with Crippen LogP contribution in [0.2, 0.25) is 0 Å². The van der Waals surface area contributed by atoms with Gasteiger partial charge in [-0.2, -0.15) is 13.2 Å². The Kier molecular flexibility index (Phi) is 9.93. The van der Waals surface area contributed by atoms with Gasteiger partial charge in [0, 0.05) is 76.0 Å². The molecular formula is C30H40F3N5O3. The van der Waals surface area contributed by atoms with E-state index in [2.05, 4.69) is 10.2 Å². The Bertz CT molecular complexity index is 1220. The molecule has 2 fully saturated rings. The van der Waals surface area contributed by atoms with Crippen LogP contribution in [0, 0.1) is 6.92 Å². The number of nitrogens with zero attached hydrogens (tertiary/aromatic N) is 4. The van der Waals surface area contributed by atoms with Gasteiger partial charge in [-0.25, -0.2) is 0 Å². The fraction of sp³-hybridized carbons (Fsp3) is 0.533. The molecule has 11 heteroatoms. The number of amides is 2. The zero-order valence-corrected chi connectivity index (χ0v) is 24.3. The summed E-state index contributed by atoms with van der Waals surface area (Å²) < 4.78 is 48.2. The second-order valence-corrected chi connectivity index (χ2v) is 11.3. The van der Waals surface area contributed by atoms with E-state index in [9.17, 15) is 22.8 Å². The van der Waals surface area contributed by atoms with Crippen molar-refractivity contribution in [2.45, 2.75) is 38.6 Å². The Balaban J connectivity index is 1.40. The standard InChI is InChI=1S/C30H40F3N5O3/c1-21-5-8-24(18-27(21)41-25-9-11-38(12-10-25)28(39)20-35(2)3)34-29(40)22-6-7-23(26(17-22)30(31,32)33)19-37-15-13-36(4)14-16-37/h5-8,17-18,25H,9-16,19-20H2,1-4H3,(H,34,40). The number of rotatable bonds is 8. The monoisotopic (exact) mass is 575 g/mol. The minimum atomic E-state index is -4.57. The van der Waals surface area contributed by atoms with Gasteiger partial charge in [0.25, 0.3) is 5.91 Å². The zero-order valence-electron chi connectivity index (χ0n) is 24.3. The van der Waals surface area contributed by atoms with E-state index in [0.29, 0.717) is 57.0 Å². The van der Waals surface area contributed by atoms with Crippen molar-refractivity contribution in [2.75, 3.05) is 72.3 Å². The summed E-state index contributed by atoms with van der Waals surface area (Å²) in [6.45, 7) is 6.67. The van der Waals surface area contributed by atoms with E-state index in [-0.39, 0.29) is 29.7 Å². The average Bonchev–Trinajstić information content (AvgIpc) is 2.91. The van der Waals surface area contributed by atoms with Crippen molar-refractivity contribution in [3.8, 4) is 5.75 Å². The quantitative estimate of drug-likeness (QED) is 0.515. The van der Waals surface area contributed by atoms with E-state index in [1.54, 1.807) is 18.2 Å². The molecule has 41 heavy (non-hydrogen) atoms. The summed E-state index contributed by atoms with van der Waals surface area (Å²) in [6, 6.07) is 9.01. The van der Waals surface area contributed by atoms with Crippen molar-refractivity contribution < 1.29 is 27.5 Å². The molecular weight excluding hydrogens is 535 g/mol. The first kappa shape index (κ1) is 30.8. The molecule has 0 aromatic heterocycles. The number of halogens is 3. The number of likely N-dealkylation sites (tertiary alicyclic amines) is 1. The smallest absolute Gasteiger partial charge is 0.416 e. The van der Waals surface area contributed by atoms with Crippen LogP contribution in [0.1, 0.15) is 39.9 Å². The van der Waals surface area contributed by atoms with Crippen LogP contribution in [0.5, 0.6) is 5.75 Å². The molecule has 0 bridgehead atoms. The number of piperidine rings is 1. The van der Waals surface area contributed by atoms with Crippen molar-refractivity contribution in [2.24, 2.45) is 0 Å². The summed E-state index contributed by atoms with van der Waals surface area (Å²) in [5.74, 6) is 0.0684. The predicted molar refractivity (Wildman–Crippen MR) is 152 cm³/mol. The highest BCUT2D eigenvalue weighted by molar-refractivity contribution is 6.04. The van der Waals surface area contributed by atoms with Gasteiger partial charge in [-0.1, -0.05) is 12.1 Å². The Hall–Kier alpha value is -3.15. The molecule has 8 nitrogen and oxygen atoms in total. The average molecular weight is 576 g/mol. The largest absolute Gasteiger partial charge is 0.490 e. The lowest BCUT2D eigenvalue weighted by Gasteiger charge is -2.33. The van der Waals surface area contributed by atoms with Gasteiger partial charge >= 0.3 is 6.18 Å². The van der Waals surface area contributed by atoms with Crippen LogP contribution in [-0.4, -0.2) is 104 Å². The molecule has 0 radical (unpaired) electrons. The van der Waals surface area contributed by atoms with E-state index in [0.717, 1.165) is 24.7 Å². The Morgan fingerprint density at radius 3 is 2.32 bits per heavy atom. The first-order chi connectivity index (χ1) is 19.4. The number of alkyl halides is 3. The number of carbonyl (C=O) groups excluding carboxylic acids is 2. The van der Waals surface area contributed by atoms with E-state index in [4.69, 9.17) is 4.74 Å². The maximum Gasteiger partial charge on any atom is 0.416 e. The fourth-order valence-corrected chi connectivity index (χ4v) is 5.15. The highest BCUT2D eigenvalue weighted by atomic mass is 19.4. The molecule has 2 aromatic carbocycles. The van der Waals surface area contributed by atoms with Crippen molar-refractivity contribution in [1.29, 1.82) is 0 Å². The van der Waals surface area contributed by atoms with Crippen molar-refractivity contribution in [3.63, 3.8) is 0 Å². The van der Waals surface area contributed by atoms with Crippen LogP contribution in [-0.2, 0) is 17.5 Å². The van der Waals surface area contributed by atoms with Crippen LogP contribution in [0.25, 0.3) is 0 Å². The van der Waals surface area contributed by atoms with Gasteiger partial charge in [0.15, 0.2) is 0 Å². The van der Waals surface area contributed by atoms with Gasteiger partial charge in [-0.3, -0.25) is 14.5 Å². The third kappa shape index (κ3) is 8.43. The topological polar surface area (TPSA) is 68.4 Å². The van der Waals surface area contributed by atoms with Crippen LogP contribution in [0.3, 0.4) is 0 Å². The summed E-state index contributed by atoms with van der Waals surface area (Å²) in [6.07, 6.45) is -3.27. The van der Waals surface area contributed by atoms with Gasteiger partial charge < -0.3 is 24.8 Å². The van der Waals surface area contributed by atoms with Crippen molar-refractivity contribution in [3.05, 3.63) is 58.7 Å². The summed E-state index contributed by atoms with van der Waals surface area (Å²) in [4.78, 5) is 33.2. The summed E-state index contributed by atoms with van der Waals surface area (Å²) in [7, 11) is 5.72. The lowest BCUT2D eigenvalue weighted by atomic mass is 10.0. The molecule has 0 unspecified atom stereocenters. The molecule has 2 heterocycles. The van der Waals surface area contributed by atoms with Crippen molar-refractivity contribution in [1.82, 2.24) is 19.6 Å². The molecule has 0 atom stereocenters. The maximum absolute atomic E-state index is 14.0. The number of hydrogen-bond donors (Lipinski definition) is 1. The zero-order chi connectivity index (χ0) is 29.7. The number of piperazine rings is 1. The number of carbonyl (C=O) groups is 2. The maximum atomic E-state index is 14.0. The number of hydrogen-bond acceptors (Lipinski definition) is 6. The normalized spacial score (nSPS) is 17.6. The Morgan fingerprint density at radius 2 is 1.68 bits per heavy atom. The molecule has 2 aromatic rings. The van der Waals surface area contributed by atoms with Gasteiger partial charge in [0.05, 0.1) is 12.1 Å². The number of aryl methyl sites for hydroxylation is 1. The van der Waals surface area contributed by atoms with Gasteiger partial charge in [0.1, 0.15) is 11.9 Å². The Morgan fingerprint density at radius 1 is 1.00 bits per heavy atom. The van der Waals surface area contributed by atoms with Gasteiger partial charge in [0.2, 0.25) is 5.91 Å². The molecule has 2 aliphatic rings. The van der Waals surface area contributed by atoms with E-state index >= 15 is 0 Å². The van der Waals surface area contributed by atoms with Crippen LogP contribution < -0.4 is 10.1 Å². The third-order valence-corrected chi connectivity index (χ3v) is 7.65. The summed E-state index contributed by atoms with van der Waals surface area (Å²) in [5, 5.41) is 2.73. The van der Waals surface area contributed by atoms with Crippen LogP contribution >= 0.6 is 0 Å². The summed E-state index contributed by atoms with van der Waals surface area (Å²) >= 11 is 0. The molecule has 0 spiro atoms. The molecule has 4 rings (SSSR count). The molecule has 0 saturated carbocycles. The first-order valence-corrected chi connectivity index (χ1v) is 14.0. The lowest BCUT2D eigenvalue weighted by Crippen LogP contribution is -2.45. The van der Waals surface area contributed by atoms with Crippen LogP contribution in [0.15, 0.2) is 36.4 Å². The lowest BCUT2D eigenvalue weighted by molar-refractivity contribution is -0.138. The number of ether oxygens (including phenoxy) is 1. The van der Waals surface area contributed by atoms with E-state index < -0.39 is 17.6 Å². The predicted octanol–water partition coefficient (Wildman–Crippen LogP) is 3.94. The van der Waals surface area contributed by atoms with Gasteiger partial charge in [-0.05, 0) is 57.4 Å². The SMILES string of the molecule is Cc1ccc(NC(=O)c2ccc(CN3CCN(C)CC3)c(C(F)(F)F)c2)cc1OC1CCN(C(=O)CN(C)C)CC1. The first-order valence-electron chi connectivity index (χ1n) is 14.0. The second-order valence-electron chi connectivity index (χ2n) is 11.3. The molecule has 0 aliphatic carbocycles. The summed E-state index contributed by atoms with van der Waals surface area (Å²) in [5.41, 5.74) is 0.634. The molecule has 2 saturated heterocycles. The third-order valence-electron chi connectivity index (χ3n) is 7.65. The van der Waals surface area contributed by atoms with Gasteiger partial charge in [-0.15, -0.1) is 0 Å².